The minimum Gasteiger partial charge on any atom is -0.350 e. The average molecular weight is 583 g/mol. The number of benzene rings is 3. The van der Waals surface area contributed by atoms with Crippen molar-refractivity contribution in [2.75, 3.05) is 15.5 Å². The predicted octanol–water partition coefficient (Wildman–Crippen LogP) is 6.94. The molecule has 3 amide bonds. The lowest BCUT2D eigenvalue weighted by molar-refractivity contribution is -0.137. The summed E-state index contributed by atoms with van der Waals surface area (Å²) in [5.41, 5.74) is 0.566. The Bertz CT molecular complexity index is 1490. The van der Waals surface area contributed by atoms with E-state index in [1.165, 1.54) is 0 Å². The summed E-state index contributed by atoms with van der Waals surface area (Å²) in [5.74, 6) is -1.94. The molecule has 1 aliphatic heterocycles. The van der Waals surface area contributed by atoms with E-state index in [1.54, 1.807) is 49.4 Å². The SMILES string of the molecule is Cc1c(Cl)cccc1N1C(=O)C(Cl)=C(Nc2ccc(CC(=O)Nc3cc(C(F)(F)F)ccc3Cl)cc2)C1=O. The Kier molecular flexibility index (Phi) is 7.73. The minimum atomic E-state index is -4.58. The molecule has 12 heteroatoms. The lowest BCUT2D eigenvalue weighted by atomic mass is 10.1. The van der Waals surface area contributed by atoms with Crippen LogP contribution in [0, 0.1) is 6.92 Å². The van der Waals surface area contributed by atoms with Crippen molar-refractivity contribution in [2.24, 2.45) is 0 Å². The summed E-state index contributed by atoms with van der Waals surface area (Å²) in [6.07, 6.45) is -4.74. The van der Waals surface area contributed by atoms with Crippen LogP contribution in [0.4, 0.5) is 30.2 Å². The van der Waals surface area contributed by atoms with Crippen LogP contribution in [0.15, 0.2) is 71.4 Å². The fourth-order valence-corrected chi connectivity index (χ4v) is 4.24. The number of nitrogens with one attached hydrogen (secondary N) is 2. The van der Waals surface area contributed by atoms with Gasteiger partial charge in [0, 0.05) is 10.7 Å². The molecule has 196 valence electrons. The molecular weight excluding hydrogens is 566 g/mol. The van der Waals surface area contributed by atoms with Gasteiger partial charge in [0.05, 0.1) is 28.4 Å². The van der Waals surface area contributed by atoms with Crippen LogP contribution in [-0.4, -0.2) is 17.7 Å². The van der Waals surface area contributed by atoms with Crippen LogP contribution in [0.25, 0.3) is 0 Å². The number of hydrogen-bond acceptors (Lipinski definition) is 4. The molecule has 2 N–H and O–H groups in total. The average Bonchev–Trinajstić information content (AvgIpc) is 3.06. The highest BCUT2D eigenvalue weighted by molar-refractivity contribution is 6.53. The highest BCUT2D eigenvalue weighted by Gasteiger charge is 2.39. The van der Waals surface area contributed by atoms with Crippen molar-refractivity contribution in [2.45, 2.75) is 19.5 Å². The van der Waals surface area contributed by atoms with Crippen LogP contribution in [0.2, 0.25) is 10.0 Å². The molecule has 3 aromatic rings. The van der Waals surface area contributed by atoms with Gasteiger partial charge in [-0.05, 0) is 60.5 Å². The molecule has 6 nitrogen and oxygen atoms in total. The Labute approximate surface area is 230 Å². The number of imide groups is 1. The van der Waals surface area contributed by atoms with Gasteiger partial charge in [-0.3, -0.25) is 14.4 Å². The Morgan fingerprint density at radius 1 is 0.921 bits per heavy atom. The Morgan fingerprint density at radius 3 is 2.26 bits per heavy atom. The molecule has 0 aromatic heterocycles. The van der Waals surface area contributed by atoms with Crippen LogP contribution in [0.5, 0.6) is 0 Å². The molecule has 4 rings (SSSR count). The summed E-state index contributed by atoms with van der Waals surface area (Å²) in [7, 11) is 0. The van der Waals surface area contributed by atoms with E-state index in [0.29, 0.717) is 27.5 Å². The van der Waals surface area contributed by atoms with Crippen molar-refractivity contribution in [1.29, 1.82) is 0 Å². The van der Waals surface area contributed by atoms with Crippen LogP contribution in [0.1, 0.15) is 16.7 Å². The summed E-state index contributed by atoms with van der Waals surface area (Å²) in [6.45, 7) is 1.67. The van der Waals surface area contributed by atoms with E-state index in [9.17, 15) is 27.6 Å². The maximum atomic E-state index is 13.0. The van der Waals surface area contributed by atoms with E-state index in [4.69, 9.17) is 34.8 Å². The Balaban J connectivity index is 1.44. The van der Waals surface area contributed by atoms with Crippen LogP contribution >= 0.6 is 34.8 Å². The maximum Gasteiger partial charge on any atom is 0.416 e. The van der Waals surface area contributed by atoms with Gasteiger partial charge < -0.3 is 10.6 Å². The Morgan fingerprint density at radius 2 is 1.61 bits per heavy atom. The zero-order chi connectivity index (χ0) is 27.8. The summed E-state index contributed by atoms with van der Waals surface area (Å²) >= 11 is 18.2. The second-order valence-corrected chi connectivity index (χ2v) is 9.45. The molecular formula is C26H17Cl3F3N3O3. The molecule has 3 aromatic carbocycles. The molecule has 1 heterocycles. The number of hydrogen-bond donors (Lipinski definition) is 2. The molecule has 38 heavy (non-hydrogen) atoms. The first-order valence-electron chi connectivity index (χ1n) is 10.9. The predicted molar refractivity (Wildman–Crippen MR) is 140 cm³/mol. The third kappa shape index (κ3) is 5.65. The maximum absolute atomic E-state index is 13.0. The number of nitrogens with zero attached hydrogens (tertiary/aromatic N) is 1. The van der Waals surface area contributed by atoms with Crippen molar-refractivity contribution >= 4 is 69.6 Å². The van der Waals surface area contributed by atoms with E-state index in [1.807, 2.05) is 0 Å². The molecule has 0 saturated carbocycles. The summed E-state index contributed by atoms with van der Waals surface area (Å²) in [6, 6.07) is 13.7. The molecule has 0 aliphatic carbocycles. The summed E-state index contributed by atoms with van der Waals surface area (Å²) in [4.78, 5) is 39.1. The van der Waals surface area contributed by atoms with Gasteiger partial charge in [-0.1, -0.05) is 53.0 Å². The van der Waals surface area contributed by atoms with E-state index in [-0.39, 0.29) is 27.9 Å². The fourth-order valence-electron chi connectivity index (χ4n) is 3.70. The van der Waals surface area contributed by atoms with Gasteiger partial charge in [0.25, 0.3) is 11.8 Å². The van der Waals surface area contributed by atoms with Crippen LogP contribution in [-0.2, 0) is 27.0 Å². The van der Waals surface area contributed by atoms with E-state index < -0.39 is 29.5 Å². The summed E-state index contributed by atoms with van der Waals surface area (Å²) < 4.78 is 38.9. The van der Waals surface area contributed by atoms with Crippen molar-refractivity contribution in [3.8, 4) is 0 Å². The van der Waals surface area contributed by atoms with E-state index >= 15 is 0 Å². The van der Waals surface area contributed by atoms with Gasteiger partial charge in [-0.2, -0.15) is 13.2 Å². The van der Waals surface area contributed by atoms with Crippen LogP contribution < -0.4 is 15.5 Å². The second-order valence-electron chi connectivity index (χ2n) is 8.26. The highest BCUT2D eigenvalue weighted by Crippen LogP contribution is 2.35. The highest BCUT2D eigenvalue weighted by atomic mass is 35.5. The van der Waals surface area contributed by atoms with Gasteiger partial charge in [-0.15, -0.1) is 0 Å². The lowest BCUT2D eigenvalue weighted by Gasteiger charge is -2.18. The van der Waals surface area contributed by atoms with Crippen LogP contribution in [0.3, 0.4) is 0 Å². The number of halogens is 6. The monoisotopic (exact) mass is 581 g/mol. The fraction of sp³-hybridized carbons (Fsp3) is 0.115. The quantitative estimate of drug-likeness (QED) is 0.309. The standard InChI is InChI=1S/C26H17Cl3F3N3O3/c1-13-17(27)3-2-4-20(13)35-24(37)22(29)23(25(35)38)33-16-8-5-14(6-9-16)11-21(36)34-19-12-15(26(30,31)32)7-10-18(19)28/h2-10,12,33H,11H2,1H3,(H,34,36). The Hall–Kier alpha value is -3.53. The lowest BCUT2D eigenvalue weighted by Crippen LogP contribution is -2.32. The third-order valence-electron chi connectivity index (χ3n) is 5.66. The molecule has 0 atom stereocenters. The van der Waals surface area contributed by atoms with Gasteiger partial charge in [0.15, 0.2) is 0 Å². The smallest absolute Gasteiger partial charge is 0.350 e. The molecule has 0 saturated heterocycles. The number of alkyl halides is 3. The van der Waals surface area contributed by atoms with Gasteiger partial charge in [0.1, 0.15) is 10.7 Å². The molecule has 0 fully saturated rings. The number of amides is 3. The zero-order valence-corrected chi connectivity index (χ0v) is 21.7. The summed E-state index contributed by atoms with van der Waals surface area (Å²) in [5, 5.41) is 5.27. The normalized spacial score (nSPS) is 13.8. The third-order valence-corrected chi connectivity index (χ3v) is 6.75. The van der Waals surface area contributed by atoms with E-state index in [2.05, 4.69) is 10.6 Å². The molecule has 0 unspecified atom stereocenters. The first-order chi connectivity index (χ1) is 17.9. The van der Waals surface area contributed by atoms with Gasteiger partial charge in [-0.25, -0.2) is 4.90 Å². The van der Waals surface area contributed by atoms with Crippen molar-refractivity contribution in [3.05, 3.63) is 98.1 Å². The minimum absolute atomic E-state index is 0.0335. The second kappa shape index (κ2) is 10.7. The van der Waals surface area contributed by atoms with Crippen molar-refractivity contribution in [3.63, 3.8) is 0 Å². The first-order valence-corrected chi connectivity index (χ1v) is 12.1. The van der Waals surface area contributed by atoms with Gasteiger partial charge >= 0.3 is 6.18 Å². The molecule has 0 spiro atoms. The first kappa shape index (κ1) is 27.5. The van der Waals surface area contributed by atoms with Gasteiger partial charge in [0.2, 0.25) is 5.91 Å². The number of carbonyl (C=O) groups excluding carboxylic acids is 3. The zero-order valence-electron chi connectivity index (χ0n) is 19.4. The molecule has 0 bridgehead atoms. The van der Waals surface area contributed by atoms with Crippen molar-refractivity contribution < 1.29 is 27.6 Å². The topological polar surface area (TPSA) is 78.5 Å². The van der Waals surface area contributed by atoms with Crippen molar-refractivity contribution in [1.82, 2.24) is 0 Å². The largest absolute Gasteiger partial charge is 0.416 e. The molecule has 0 radical (unpaired) electrons. The van der Waals surface area contributed by atoms with E-state index in [0.717, 1.165) is 23.1 Å². The number of rotatable bonds is 6. The number of carbonyl (C=O) groups is 3. The molecule has 1 aliphatic rings. The number of anilines is 3.